The summed E-state index contributed by atoms with van der Waals surface area (Å²) in [6, 6.07) is 7.79. The van der Waals surface area contributed by atoms with Gasteiger partial charge in [-0.15, -0.1) is 6.58 Å². The molecule has 5 rings (SSSR count). The maximum Gasteiger partial charge on any atom is 0.119 e. The first-order valence-corrected chi connectivity index (χ1v) is 8.67. The van der Waals surface area contributed by atoms with E-state index in [2.05, 4.69) is 22.5 Å². The number of hydrogen-bond acceptors (Lipinski definition) is 4. The summed E-state index contributed by atoms with van der Waals surface area (Å²) in [5.41, 5.74) is 1.86. The highest BCUT2D eigenvalue weighted by molar-refractivity contribution is 5.83. The average Bonchev–Trinajstić information content (AvgIpc) is 2.66. The van der Waals surface area contributed by atoms with Crippen LogP contribution < -0.4 is 4.74 Å². The number of hydrogen-bond donors (Lipinski definition) is 1. The molecule has 1 unspecified atom stereocenters. The fraction of sp³-hybridized carbons (Fsp3) is 0.450. The summed E-state index contributed by atoms with van der Waals surface area (Å²) in [5.74, 6) is 2.03. The van der Waals surface area contributed by atoms with Gasteiger partial charge in [0.25, 0.3) is 0 Å². The highest BCUT2D eigenvalue weighted by atomic mass is 16.5. The molecule has 2 bridgehead atoms. The van der Waals surface area contributed by atoms with Crippen molar-refractivity contribution in [3.8, 4) is 5.75 Å². The zero-order chi connectivity index (χ0) is 16.7. The molecule has 1 aromatic heterocycles. The summed E-state index contributed by atoms with van der Waals surface area (Å²) < 4.78 is 5.36. The second-order valence-corrected chi connectivity index (χ2v) is 7.00. The Bertz CT molecular complexity index is 760. The largest absolute Gasteiger partial charge is 0.497 e. The van der Waals surface area contributed by atoms with Crippen LogP contribution in [0.25, 0.3) is 10.9 Å². The van der Waals surface area contributed by atoms with Crippen molar-refractivity contribution in [2.75, 3.05) is 26.7 Å². The van der Waals surface area contributed by atoms with Crippen molar-refractivity contribution in [3.05, 3.63) is 48.7 Å². The third kappa shape index (κ3) is 2.50. The molecule has 3 fully saturated rings. The van der Waals surface area contributed by atoms with E-state index in [1.165, 1.54) is 0 Å². The molecule has 5 atom stereocenters. The number of pyridine rings is 1. The molecule has 0 amide bonds. The normalized spacial score (nSPS) is 30.2. The number of aliphatic hydroxyl groups excluding tert-OH is 1. The monoisotopic (exact) mass is 324 g/mol. The Labute approximate surface area is 142 Å². The molecule has 0 aliphatic carbocycles. The Balaban J connectivity index is 1.73. The lowest BCUT2D eigenvalue weighted by Crippen LogP contribution is -2.53. The maximum absolute atomic E-state index is 11.2. The molecular weight excluding hydrogens is 300 g/mol. The van der Waals surface area contributed by atoms with Crippen LogP contribution in [0.5, 0.6) is 5.75 Å². The van der Waals surface area contributed by atoms with E-state index in [1.54, 1.807) is 13.3 Å². The van der Waals surface area contributed by atoms with Gasteiger partial charge in [0.05, 0.1) is 18.7 Å². The van der Waals surface area contributed by atoms with Crippen LogP contribution >= 0.6 is 0 Å². The first-order valence-electron chi connectivity index (χ1n) is 8.67. The Kier molecular flexibility index (Phi) is 4.02. The van der Waals surface area contributed by atoms with Gasteiger partial charge in [0, 0.05) is 30.6 Å². The van der Waals surface area contributed by atoms with Gasteiger partial charge in [-0.1, -0.05) is 6.08 Å². The van der Waals surface area contributed by atoms with E-state index in [1.807, 2.05) is 24.3 Å². The minimum Gasteiger partial charge on any atom is -0.497 e. The number of rotatable bonds is 4. The van der Waals surface area contributed by atoms with Crippen molar-refractivity contribution < 1.29 is 9.84 Å². The maximum atomic E-state index is 11.2. The Hall–Kier alpha value is -1.91. The lowest BCUT2D eigenvalue weighted by molar-refractivity contribution is -0.0472. The first-order chi connectivity index (χ1) is 11.7. The molecule has 24 heavy (non-hydrogen) atoms. The molecule has 3 saturated heterocycles. The number of nitrogens with zero attached hydrogens (tertiary/aromatic N) is 2. The molecule has 4 heteroatoms. The Morgan fingerprint density at radius 3 is 3.00 bits per heavy atom. The topological polar surface area (TPSA) is 45.6 Å². The molecule has 0 spiro atoms. The van der Waals surface area contributed by atoms with Crippen LogP contribution in [0.1, 0.15) is 18.1 Å². The Morgan fingerprint density at radius 2 is 2.25 bits per heavy atom. The van der Waals surface area contributed by atoms with Gasteiger partial charge in [-0.05, 0) is 54.6 Å². The van der Waals surface area contributed by atoms with E-state index >= 15 is 0 Å². The summed E-state index contributed by atoms with van der Waals surface area (Å²) in [5, 5.41) is 12.2. The summed E-state index contributed by atoms with van der Waals surface area (Å²) >= 11 is 0. The van der Waals surface area contributed by atoms with Crippen molar-refractivity contribution in [1.29, 1.82) is 0 Å². The number of fused-ring (bicyclic) bond motifs is 4. The fourth-order valence-electron chi connectivity index (χ4n) is 4.55. The fourth-order valence-corrected chi connectivity index (χ4v) is 4.55. The van der Waals surface area contributed by atoms with Gasteiger partial charge in [-0.2, -0.15) is 0 Å². The number of aliphatic hydroxyl groups is 1. The zero-order valence-electron chi connectivity index (χ0n) is 14.1. The quantitative estimate of drug-likeness (QED) is 0.878. The molecule has 3 aliphatic rings. The van der Waals surface area contributed by atoms with Crippen LogP contribution in [-0.2, 0) is 0 Å². The number of ether oxygens (including phenoxy) is 1. The first kappa shape index (κ1) is 15.6. The minimum atomic E-state index is -0.488. The van der Waals surface area contributed by atoms with Crippen molar-refractivity contribution in [2.45, 2.75) is 12.5 Å². The number of methoxy groups -OCH3 is 1. The molecule has 1 N–H and O–H groups in total. The van der Waals surface area contributed by atoms with Crippen LogP contribution in [0.3, 0.4) is 0 Å². The van der Waals surface area contributed by atoms with Gasteiger partial charge in [-0.25, -0.2) is 0 Å². The smallest absolute Gasteiger partial charge is 0.119 e. The third-order valence-corrected chi connectivity index (χ3v) is 5.83. The molecule has 2 aromatic rings. The van der Waals surface area contributed by atoms with E-state index < -0.39 is 6.10 Å². The summed E-state index contributed by atoms with van der Waals surface area (Å²) in [6.07, 6.45) is 4.52. The van der Waals surface area contributed by atoms with E-state index in [0.717, 1.165) is 48.3 Å². The van der Waals surface area contributed by atoms with Crippen LogP contribution in [0, 0.1) is 17.8 Å². The van der Waals surface area contributed by atoms with Crippen molar-refractivity contribution in [1.82, 2.24) is 9.88 Å². The van der Waals surface area contributed by atoms with Crippen molar-refractivity contribution in [3.63, 3.8) is 0 Å². The second kappa shape index (κ2) is 6.19. The molecule has 4 heterocycles. The summed E-state index contributed by atoms with van der Waals surface area (Å²) in [4.78, 5) is 6.89. The van der Waals surface area contributed by atoms with Crippen LogP contribution in [0.15, 0.2) is 43.1 Å². The molecule has 4 nitrogen and oxygen atoms in total. The van der Waals surface area contributed by atoms with E-state index in [9.17, 15) is 5.11 Å². The summed E-state index contributed by atoms with van der Waals surface area (Å²) in [7, 11) is 1.66. The van der Waals surface area contributed by atoms with Gasteiger partial charge < -0.3 is 14.7 Å². The van der Waals surface area contributed by atoms with E-state index in [4.69, 9.17) is 4.74 Å². The van der Waals surface area contributed by atoms with Crippen molar-refractivity contribution >= 4 is 10.9 Å². The van der Waals surface area contributed by atoms with Gasteiger partial charge in [0.1, 0.15) is 5.75 Å². The van der Waals surface area contributed by atoms with E-state index in [0.29, 0.717) is 11.8 Å². The van der Waals surface area contributed by atoms with Crippen molar-refractivity contribution in [2.24, 2.45) is 17.8 Å². The van der Waals surface area contributed by atoms with Gasteiger partial charge in [-0.3, -0.25) is 4.98 Å². The number of piperidine rings is 3. The molecular formula is C20H24N2O2. The third-order valence-electron chi connectivity index (χ3n) is 5.83. The van der Waals surface area contributed by atoms with Crippen LogP contribution in [0.2, 0.25) is 0 Å². The lowest BCUT2D eigenvalue weighted by atomic mass is 9.69. The van der Waals surface area contributed by atoms with Crippen LogP contribution in [0.4, 0.5) is 0 Å². The SMILES string of the molecule is C=C[C@H]1CN2CC[C@@H]1[C@@H]([C@@H](O)c1ccnc3ccc(OC)cc13)C2. The lowest BCUT2D eigenvalue weighted by Gasteiger charge is -2.50. The predicted octanol–water partition coefficient (Wildman–Crippen LogP) is 3.03. The summed E-state index contributed by atoms with van der Waals surface area (Å²) in [6.45, 7) is 7.20. The molecule has 3 aliphatic heterocycles. The average molecular weight is 324 g/mol. The minimum absolute atomic E-state index is 0.243. The molecule has 1 aromatic carbocycles. The molecule has 0 radical (unpaired) electrons. The molecule has 0 saturated carbocycles. The van der Waals surface area contributed by atoms with Gasteiger partial charge in [0.15, 0.2) is 0 Å². The predicted molar refractivity (Wildman–Crippen MR) is 95.0 cm³/mol. The highest BCUT2D eigenvalue weighted by Gasteiger charge is 2.43. The number of benzene rings is 1. The van der Waals surface area contributed by atoms with Gasteiger partial charge in [0.2, 0.25) is 0 Å². The number of aromatic nitrogens is 1. The highest BCUT2D eigenvalue weighted by Crippen LogP contribution is 2.44. The standard InChI is InChI=1S/C20H24N2O2/c1-3-13-11-22-9-7-15(13)18(12-22)20(23)16-6-8-21-19-5-4-14(24-2)10-17(16)19/h3-6,8,10,13,15,18,20,23H,1,7,9,11-12H2,2H3/t13-,15-,18-,20-/m0/s1. The van der Waals surface area contributed by atoms with E-state index in [-0.39, 0.29) is 5.92 Å². The zero-order valence-corrected chi connectivity index (χ0v) is 14.1. The van der Waals surface area contributed by atoms with Crippen LogP contribution in [-0.4, -0.2) is 41.7 Å². The second-order valence-electron chi connectivity index (χ2n) is 7.00. The molecule has 126 valence electrons. The Morgan fingerprint density at radius 1 is 1.38 bits per heavy atom. The van der Waals surface area contributed by atoms with Gasteiger partial charge >= 0.3 is 0 Å².